The van der Waals surface area contributed by atoms with E-state index in [0.717, 1.165) is 22.1 Å². The van der Waals surface area contributed by atoms with Gasteiger partial charge in [0.05, 0.1) is 35.9 Å². The van der Waals surface area contributed by atoms with Gasteiger partial charge >= 0.3 is 18.2 Å². The predicted octanol–water partition coefficient (Wildman–Crippen LogP) is 5.72. The average Bonchev–Trinajstić information content (AvgIpc) is 2.79. The van der Waals surface area contributed by atoms with Crippen LogP contribution in [0.4, 0.5) is 23.7 Å². The molecule has 2 aromatic rings. The van der Waals surface area contributed by atoms with Gasteiger partial charge in [-0.3, -0.25) is 4.90 Å². The molecule has 0 saturated heterocycles. The first-order chi connectivity index (χ1) is 16.8. The van der Waals surface area contributed by atoms with Crippen molar-refractivity contribution >= 4 is 17.7 Å². The molecular weight excluding hydrogens is 475 g/mol. The Balaban J connectivity index is 2.17. The number of urea groups is 1. The first-order valence-corrected chi connectivity index (χ1v) is 11.1. The third-order valence-corrected chi connectivity index (χ3v) is 5.58. The molecule has 36 heavy (non-hydrogen) atoms. The number of hydrogen-bond acceptors (Lipinski definition) is 5. The molecule has 0 aliphatic carbocycles. The van der Waals surface area contributed by atoms with Crippen molar-refractivity contribution in [3.05, 3.63) is 76.5 Å². The SMILES string of the molecule is CC1=C(CO)C(c2ccc(C#N)cc2)N(OC(=O)CC(C)(C)C)C(=O)N1c1cccc(C(F)(F)F)c1. The van der Waals surface area contributed by atoms with Crippen LogP contribution in [0.5, 0.6) is 0 Å². The molecule has 0 aromatic heterocycles. The van der Waals surface area contributed by atoms with E-state index >= 15 is 0 Å². The number of alkyl halides is 3. The van der Waals surface area contributed by atoms with Gasteiger partial charge in [-0.05, 0) is 48.2 Å². The lowest BCUT2D eigenvalue weighted by molar-refractivity contribution is -0.185. The Morgan fingerprint density at radius 3 is 2.31 bits per heavy atom. The number of amides is 2. The molecule has 3 rings (SSSR count). The fourth-order valence-corrected chi connectivity index (χ4v) is 3.91. The summed E-state index contributed by atoms with van der Waals surface area (Å²) in [6.07, 6.45) is -4.69. The summed E-state index contributed by atoms with van der Waals surface area (Å²) in [5.41, 5.74) is -0.303. The molecule has 0 saturated carbocycles. The zero-order chi connectivity index (χ0) is 26.8. The third kappa shape index (κ3) is 5.69. The fraction of sp³-hybridized carbons (Fsp3) is 0.346. The monoisotopic (exact) mass is 501 g/mol. The molecule has 1 N–H and O–H groups in total. The number of aliphatic hydroxyl groups is 1. The molecule has 0 fully saturated rings. The molecule has 7 nitrogen and oxygen atoms in total. The molecule has 2 amide bonds. The van der Waals surface area contributed by atoms with Gasteiger partial charge in [0.15, 0.2) is 0 Å². The maximum absolute atomic E-state index is 13.7. The number of hydroxylamine groups is 2. The van der Waals surface area contributed by atoms with Crippen molar-refractivity contribution in [2.45, 2.75) is 46.3 Å². The Bertz CT molecular complexity index is 1220. The van der Waals surface area contributed by atoms with Gasteiger partial charge in [-0.1, -0.05) is 39.0 Å². The van der Waals surface area contributed by atoms with E-state index in [0.29, 0.717) is 11.1 Å². The molecule has 1 heterocycles. The van der Waals surface area contributed by atoms with Crippen molar-refractivity contribution in [1.29, 1.82) is 5.26 Å². The molecule has 190 valence electrons. The lowest BCUT2D eigenvalue weighted by atomic mass is 9.92. The van der Waals surface area contributed by atoms with Crippen LogP contribution in [0.25, 0.3) is 0 Å². The smallest absolute Gasteiger partial charge is 0.392 e. The van der Waals surface area contributed by atoms with Gasteiger partial charge in [0.25, 0.3) is 0 Å². The Hall–Kier alpha value is -3.84. The lowest BCUT2D eigenvalue weighted by Gasteiger charge is -2.41. The van der Waals surface area contributed by atoms with Gasteiger partial charge in [0.1, 0.15) is 6.04 Å². The minimum absolute atomic E-state index is 0.0441. The molecule has 10 heteroatoms. The number of hydrogen-bond donors (Lipinski definition) is 1. The van der Waals surface area contributed by atoms with E-state index in [1.54, 1.807) is 12.1 Å². The van der Waals surface area contributed by atoms with E-state index in [9.17, 15) is 27.9 Å². The van der Waals surface area contributed by atoms with E-state index in [1.165, 1.54) is 31.2 Å². The fourth-order valence-electron chi connectivity index (χ4n) is 3.91. The van der Waals surface area contributed by atoms with Crippen molar-refractivity contribution in [2.75, 3.05) is 11.5 Å². The van der Waals surface area contributed by atoms with Crippen molar-refractivity contribution in [1.82, 2.24) is 5.06 Å². The Morgan fingerprint density at radius 1 is 1.14 bits per heavy atom. The van der Waals surface area contributed by atoms with Gasteiger partial charge in [-0.25, -0.2) is 9.59 Å². The number of halogens is 3. The minimum Gasteiger partial charge on any atom is -0.392 e. The Kier molecular flexibility index (Phi) is 7.46. The van der Waals surface area contributed by atoms with Crippen molar-refractivity contribution in [3.63, 3.8) is 0 Å². The number of carbonyl (C=O) groups excluding carboxylic acids is 2. The average molecular weight is 502 g/mol. The van der Waals surface area contributed by atoms with Gasteiger partial charge in [0, 0.05) is 11.3 Å². The van der Waals surface area contributed by atoms with Gasteiger partial charge in [-0.15, -0.1) is 5.06 Å². The highest BCUT2D eigenvalue weighted by atomic mass is 19.4. The van der Waals surface area contributed by atoms with Crippen LogP contribution in [0.15, 0.2) is 59.8 Å². The highest BCUT2D eigenvalue weighted by Crippen LogP contribution is 2.41. The quantitative estimate of drug-likeness (QED) is 0.566. The van der Waals surface area contributed by atoms with Crippen LogP contribution in [0, 0.1) is 16.7 Å². The standard InChI is InChI=1S/C26H26F3N3O4/c1-16-21(15-33)23(18-10-8-17(14-30)9-11-18)32(36-22(34)13-25(2,3)4)24(35)31(16)20-7-5-6-19(12-20)26(27,28)29/h5-12,23,33H,13,15H2,1-4H3. The summed E-state index contributed by atoms with van der Waals surface area (Å²) in [6.45, 7) is 6.34. The molecule has 1 aliphatic heterocycles. The molecule has 1 atom stereocenters. The van der Waals surface area contributed by atoms with E-state index in [2.05, 4.69) is 0 Å². The summed E-state index contributed by atoms with van der Waals surface area (Å²) < 4.78 is 40.1. The van der Waals surface area contributed by atoms with Crippen molar-refractivity contribution < 1.29 is 32.7 Å². The van der Waals surface area contributed by atoms with Gasteiger partial charge in [0.2, 0.25) is 0 Å². The van der Waals surface area contributed by atoms with E-state index < -0.39 is 41.8 Å². The number of nitrogens with zero attached hydrogens (tertiary/aromatic N) is 3. The summed E-state index contributed by atoms with van der Waals surface area (Å²) in [5, 5.41) is 20.2. The van der Waals surface area contributed by atoms with Crippen LogP contribution >= 0.6 is 0 Å². The number of rotatable bonds is 5. The second kappa shape index (κ2) is 10.0. The molecule has 1 aliphatic rings. The zero-order valence-corrected chi connectivity index (χ0v) is 20.3. The highest BCUT2D eigenvalue weighted by molar-refractivity contribution is 5.97. The second-order valence-electron chi connectivity index (χ2n) is 9.60. The van der Waals surface area contributed by atoms with Crippen LogP contribution in [-0.4, -0.2) is 28.8 Å². The van der Waals surface area contributed by atoms with Crippen LogP contribution < -0.4 is 4.90 Å². The molecular formula is C26H26F3N3O4. The van der Waals surface area contributed by atoms with Crippen LogP contribution in [0.3, 0.4) is 0 Å². The topological polar surface area (TPSA) is 93.9 Å². The second-order valence-corrected chi connectivity index (χ2v) is 9.60. The number of carbonyl (C=O) groups is 2. The summed E-state index contributed by atoms with van der Waals surface area (Å²) in [7, 11) is 0. The molecule has 1 unspecified atom stereocenters. The molecule has 2 aromatic carbocycles. The zero-order valence-electron chi connectivity index (χ0n) is 20.3. The maximum atomic E-state index is 13.7. The summed E-state index contributed by atoms with van der Waals surface area (Å²) in [4.78, 5) is 32.9. The summed E-state index contributed by atoms with van der Waals surface area (Å²) in [5.74, 6) is -0.727. The van der Waals surface area contributed by atoms with Crippen LogP contribution in [0.2, 0.25) is 0 Å². The van der Waals surface area contributed by atoms with Crippen molar-refractivity contribution in [3.8, 4) is 6.07 Å². The third-order valence-electron chi connectivity index (χ3n) is 5.58. The largest absolute Gasteiger partial charge is 0.416 e. The lowest BCUT2D eigenvalue weighted by Crippen LogP contribution is -2.51. The number of benzene rings is 2. The van der Waals surface area contributed by atoms with Crippen molar-refractivity contribution in [2.24, 2.45) is 5.41 Å². The number of nitriles is 1. The Morgan fingerprint density at radius 2 is 1.78 bits per heavy atom. The highest BCUT2D eigenvalue weighted by Gasteiger charge is 2.43. The first kappa shape index (κ1) is 26.8. The minimum atomic E-state index is -4.64. The van der Waals surface area contributed by atoms with Gasteiger partial charge in [-0.2, -0.15) is 18.4 Å². The summed E-state index contributed by atoms with van der Waals surface area (Å²) in [6, 6.07) is 10.4. The Labute approximate surface area is 206 Å². The van der Waals surface area contributed by atoms with Crippen LogP contribution in [-0.2, 0) is 15.8 Å². The molecule has 0 bridgehead atoms. The first-order valence-electron chi connectivity index (χ1n) is 11.1. The maximum Gasteiger partial charge on any atom is 0.416 e. The van der Waals surface area contributed by atoms with E-state index in [4.69, 9.17) is 10.1 Å². The predicted molar refractivity (Wildman–Crippen MR) is 125 cm³/mol. The summed E-state index contributed by atoms with van der Waals surface area (Å²) >= 11 is 0. The van der Waals surface area contributed by atoms with Gasteiger partial charge < -0.3 is 9.94 Å². The number of aliphatic hydroxyl groups excluding tert-OH is 1. The van der Waals surface area contributed by atoms with E-state index in [1.807, 2.05) is 26.8 Å². The number of allylic oxidation sites excluding steroid dienone is 1. The molecule has 0 radical (unpaired) electrons. The molecule has 0 spiro atoms. The van der Waals surface area contributed by atoms with E-state index in [-0.39, 0.29) is 23.4 Å². The van der Waals surface area contributed by atoms with Crippen LogP contribution in [0.1, 0.15) is 56.8 Å². The normalized spacial score (nSPS) is 16.8. The number of anilines is 1.